The van der Waals surface area contributed by atoms with Gasteiger partial charge in [0.15, 0.2) is 12.1 Å². The van der Waals surface area contributed by atoms with E-state index in [1.54, 1.807) is 4.90 Å². The lowest BCUT2D eigenvalue weighted by molar-refractivity contribution is -0.158. The van der Waals surface area contributed by atoms with Crippen LogP contribution in [0.25, 0.3) is 0 Å². The molecule has 326 valence electrons. The highest BCUT2D eigenvalue weighted by Crippen LogP contribution is 2.26. The first-order valence-electron chi connectivity index (χ1n) is 18.8. The van der Waals surface area contributed by atoms with Crippen molar-refractivity contribution < 1.29 is 72.4 Å². The summed E-state index contributed by atoms with van der Waals surface area (Å²) < 4.78 is 43.9. The second-order valence-corrected chi connectivity index (χ2v) is 12.4. The van der Waals surface area contributed by atoms with Crippen LogP contribution in [0.4, 0.5) is 0 Å². The Bertz CT molecular complexity index is 1260. The summed E-state index contributed by atoms with van der Waals surface area (Å²) in [5.41, 5.74) is 11.0. The Morgan fingerprint density at radius 3 is 2.11 bits per heavy atom. The number of nitrogens with two attached hydrogens (primary N) is 2. The first-order valence-corrected chi connectivity index (χ1v) is 18.8. The van der Waals surface area contributed by atoms with Gasteiger partial charge in [0.2, 0.25) is 23.5 Å². The standard InChI is InChI=1S/C36H62N6O15/c1-4-11-50-15-9-42(31(47)7-14-53-18-20-55-22-21-54-19-17-51-12-5-2)10-16-52-13-6-8-39-30(46)25-56-33(28(45)24-43)34-32(40-26(3)44)27(41-36(37)38)23-29(57-34)35(48)49/h2,23,27-28,32-34,43,45H,4,6-22,24-25H2,1,3H3,(H,39,46)(H,40,44)(H,48,49)(H4,37,38,41)/t27-,28+,32+,33+,34+/m0/s1. The van der Waals surface area contributed by atoms with Crippen molar-refractivity contribution in [3.63, 3.8) is 0 Å². The van der Waals surface area contributed by atoms with Gasteiger partial charge in [-0.05, 0) is 18.9 Å². The highest BCUT2D eigenvalue weighted by Gasteiger charge is 2.45. The average molecular weight is 819 g/mol. The molecule has 21 nitrogen and oxygen atoms in total. The number of hydrogen-bond acceptors (Lipinski definition) is 15. The molecule has 0 aromatic rings. The third kappa shape index (κ3) is 23.7. The Kier molecular flexibility index (Phi) is 28.5. The number of hydrogen-bond donors (Lipinski definition) is 7. The SMILES string of the molecule is C#CCOCCOCCOCCOCCC(=O)N(CCOCCC)CCOCCCNC(=O)CO[C@@H]([C@@H]1OC(C(=O)O)=C[C@H](N=C(N)N)[C@H]1NC(C)=O)[C@H](O)CO. The topological polar surface area (TPSA) is 295 Å². The summed E-state index contributed by atoms with van der Waals surface area (Å²) in [6.45, 7) is 6.92. The predicted molar refractivity (Wildman–Crippen MR) is 203 cm³/mol. The van der Waals surface area contributed by atoms with E-state index in [2.05, 4.69) is 21.5 Å². The zero-order valence-electron chi connectivity index (χ0n) is 33.0. The third-order valence-corrected chi connectivity index (χ3v) is 7.74. The summed E-state index contributed by atoms with van der Waals surface area (Å²) in [5.74, 6) is -1.40. The normalized spacial score (nSPS) is 17.3. The van der Waals surface area contributed by atoms with Crippen LogP contribution in [-0.2, 0) is 57.1 Å². The van der Waals surface area contributed by atoms with Gasteiger partial charge in [-0.25, -0.2) is 9.79 Å². The van der Waals surface area contributed by atoms with Crippen LogP contribution in [0.1, 0.15) is 33.1 Å². The van der Waals surface area contributed by atoms with Crippen molar-refractivity contribution in [3.05, 3.63) is 11.8 Å². The second-order valence-electron chi connectivity index (χ2n) is 12.4. The van der Waals surface area contributed by atoms with E-state index in [9.17, 15) is 34.5 Å². The van der Waals surface area contributed by atoms with E-state index in [1.165, 1.54) is 6.92 Å². The maximum atomic E-state index is 12.9. The van der Waals surface area contributed by atoms with Crippen molar-refractivity contribution in [2.24, 2.45) is 16.5 Å². The van der Waals surface area contributed by atoms with Crippen LogP contribution in [0.3, 0.4) is 0 Å². The average Bonchev–Trinajstić information content (AvgIpc) is 3.17. The molecule has 5 atom stereocenters. The Labute approximate surface area is 333 Å². The summed E-state index contributed by atoms with van der Waals surface area (Å²) in [7, 11) is 0. The summed E-state index contributed by atoms with van der Waals surface area (Å²) in [6, 6.07) is -2.30. The Morgan fingerprint density at radius 2 is 1.54 bits per heavy atom. The maximum absolute atomic E-state index is 12.9. The number of carboxylic acid groups (broad SMARTS) is 1. The Morgan fingerprint density at radius 1 is 0.947 bits per heavy atom. The number of nitrogens with zero attached hydrogens (tertiary/aromatic N) is 2. The van der Waals surface area contributed by atoms with Crippen LogP contribution >= 0.6 is 0 Å². The number of aliphatic hydroxyl groups is 2. The van der Waals surface area contributed by atoms with Gasteiger partial charge >= 0.3 is 5.97 Å². The van der Waals surface area contributed by atoms with Gasteiger partial charge in [-0.2, -0.15) is 0 Å². The van der Waals surface area contributed by atoms with Crippen molar-refractivity contribution in [1.82, 2.24) is 15.5 Å². The molecule has 0 bridgehead atoms. The van der Waals surface area contributed by atoms with Crippen LogP contribution in [0.2, 0.25) is 0 Å². The molecular weight excluding hydrogens is 756 g/mol. The van der Waals surface area contributed by atoms with E-state index in [4.69, 9.17) is 55.8 Å². The molecule has 3 amide bonds. The molecule has 0 unspecified atom stereocenters. The molecule has 21 heteroatoms. The van der Waals surface area contributed by atoms with Gasteiger partial charge in [0.25, 0.3) is 0 Å². The number of rotatable bonds is 34. The number of carboxylic acids is 1. The molecule has 1 aliphatic heterocycles. The van der Waals surface area contributed by atoms with Gasteiger partial charge in [0.1, 0.15) is 25.4 Å². The number of ether oxygens (including phenoxy) is 8. The van der Waals surface area contributed by atoms with Crippen molar-refractivity contribution in [2.75, 3.05) is 112 Å². The Balaban J connectivity index is 2.50. The van der Waals surface area contributed by atoms with Crippen LogP contribution in [0.15, 0.2) is 16.8 Å². The lowest BCUT2D eigenvalue weighted by Gasteiger charge is -2.40. The van der Waals surface area contributed by atoms with Gasteiger partial charge < -0.3 is 80.2 Å². The zero-order chi connectivity index (χ0) is 42.3. The molecule has 0 fully saturated rings. The molecule has 1 aliphatic rings. The summed E-state index contributed by atoms with van der Waals surface area (Å²) in [5, 5.41) is 35.1. The number of aliphatic carboxylic acids is 1. The minimum Gasteiger partial charge on any atom is -0.478 e. The molecule has 0 saturated carbocycles. The van der Waals surface area contributed by atoms with Gasteiger partial charge in [-0.1, -0.05) is 12.8 Å². The monoisotopic (exact) mass is 818 g/mol. The van der Waals surface area contributed by atoms with Gasteiger partial charge in [0, 0.05) is 39.8 Å². The molecular formula is C36H62N6O15. The fourth-order valence-corrected chi connectivity index (χ4v) is 5.12. The number of nitrogens with one attached hydrogen (secondary N) is 2. The quantitative estimate of drug-likeness (QED) is 0.0148. The minimum absolute atomic E-state index is 0.110. The Hall–Kier alpha value is -4.11. The molecule has 0 aliphatic carbocycles. The molecule has 0 aromatic heterocycles. The molecule has 57 heavy (non-hydrogen) atoms. The molecule has 0 radical (unpaired) electrons. The number of carbonyl (C=O) groups is 4. The van der Waals surface area contributed by atoms with Crippen molar-refractivity contribution in [3.8, 4) is 12.3 Å². The molecule has 1 rings (SSSR count). The van der Waals surface area contributed by atoms with Crippen molar-refractivity contribution >= 4 is 29.7 Å². The van der Waals surface area contributed by atoms with Crippen LogP contribution < -0.4 is 22.1 Å². The van der Waals surface area contributed by atoms with Crippen LogP contribution in [-0.4, -0.2) is 192 Å². The van der Waals surface area contributed by atoms with Crippen molar-refractivity contribution in [1.29, 1.82) is 0 Å². The van der Waals surface area contributed by atoms with E-state index < -0.39 is 73.1 Å². The second kappa shape index (κ2) is 31.9. The summed E-state index contributed by atoms with van der Waals surface area (Å²) in [6.07, 6.45) is 3.01. The summed E-state index contributed by atoms with van der Waals surface area (Å²) in [4.78, 5) is 55.0. The molecule has 0 aromatic carbocycles. The van der Waals surface area contributed by atoms with Crippen LogP contribution in [0.5, 0.6) is 0 Å². The van der Waals surface area contributed by atoms with Gasteiger partial charge in [-0.15, -0.1) is 6.42 Å². The van der Waals surface area contributed by atoms with Crippen LogP contribution in [0, 0.1) is 12.3 Å². The first kappa shape index (κ1) is 50.9. The van der Waals surface area contributed by atoms with E-state index in [1.807, 2.05) is 6.92 Å². The fourth-order valence-electron chi connectivity index (χ4n) is 5.12. The number of carbonyl (C=O) groups excluding carboxylic acids is 3. The first-order chi connectivity index (χ1) is 27.4. The highest BCUT2D eigenvalue weighted by atomic mass is 16.6. The van der Waals surface area contributed by atoms with Crippen molar-refractivity contribution in [2.45, 2.75) is 63.5 Å². The maximum Gasteiger partial charge on any atom is 0.370 e. The number of guanidine groups is 1. The molecule has 0 saturated heterocycles. The van der Waals surface area contributed by atoms with Gasteiger partial charge in [-0.3, -0.25) is 14.4 Å². The third-order valence-electron chi connectivity index (χ3n) is 7.74. The van der Waals surface area contributed by atoms with E-state index in [-0.39, 0.29) is 45.3 Å². The van der Waals surface area contributed by atoms with Gasteiger partial charge in [0.05, 0.1) is 84.6 Å². The van der Waals surface area contributed by atoms with E-state index in [0.717, 1.165) is 12.5 Å². The number of aliphatic imine (C=N–C) groups is 1. The molecule has 1 heterocycles. The summed E-state index contributed by atoms with van der Waals surface area (Å²) >= 11 is 0. The largest absolute Gasteiger partial charge is 0.478 e. The molecule has 9 N–H and O–H groups in total. The fraction of sp³-hybridized carbons (Fsp3) is 0.750. The molecule has 0 spiro atoms. The predicted octanol–water partition coefficient (Wildman–Crippen LogP) is -2.89. The van der Waals surface area contributed by atoms with E-state index >= 15 is 0 Å². The zero-order valence-corrected chi connectivity index (χ0v) is 33.0. The number of amides is 3. The number of terminal acetylenes is 1. The van der Waals surface area contributed by atoms with E-state index in [0.29, 0.717) is 72.4 Å². The lowest BCUT2D eigenvalue weighted by atomic mass is 9.92. The smallest absolute Gasteiger partial charge is 0.370 e. The highest BCUT2D eigenvalue weighted by molar-refractivity contribution is 5.85. The lowest BCUT2D eigenvalue weighted by Crippen LogP contribution is -2.60. The number of aliphatic hydroxyl groups excluding tert-OH is 2. The minimum atomic E-state index is -1.66.